The van der Waals surface area contributed by atoms with E-state index in [0.29, 0.717) is 31.9 Å². The van der Waals surface area contributed by atoms with E-state index in [-0.39, 0.29) is 12.3 Å². The normalized spacial score (nSPS) is 19.9. The molecule has 1 aromatic heterocycles. The summed E-state index contributed by atoms with van der Waals surface area (Å²) in [5, 5.41) is 13.7. The molecule has 2 N–H and O–H groups in total. The fraction of sp³-hybridized carbons (Fsp3) is 0.143. The summed E-state index contributed by atoms with van der Waals surface area (Å²) in [6, 6.07) is 20.1. The van der Waals surface area contributed by atoms with Crippen LogP contribution >= 0.6 is 50.6 Å². The van der Waals surface area contributed by atoms with Gasteiger partial charge in [-0.1, -0.05) is 68.8 Å². The average molecular weight is 657 g/mol. The number of anilines is 2. The van der Waals surface area contributed by atoms with Gasteiger partial charge in [0, 0.05) is 31.5 Å². The van der Waals surface area contributed by atoms with Crippen LogP contribution < -0.4 is 15.1 Å². The largest absolute Gasteiger partial charge is 0.508 e. The summed E-state index contributed by atoms with van der Waals surface area (Å²) in [7, 11) is 0. The van der Waals surface area contributed by atoms with Crippen molar-refractivity contribution in [3.63, 3.8) is 0 Å². The highest BCUT2D eigenvalue weighted by Crippen LogP contribution is 2.55. The highest BCUT2D eigenvalue weighted by molar-refractivity contribution is 9.10. The zero-order valence-corrected chi connectivity index (χ0v) is 24.4. The number of fused-ring (bicyclic) bond motifs is 2. The molecule has 3 atom stereocenters. The molecule has 8 nitrogen and oxygen atoms in total. The van der Waals surface area contributed by atoms with E-state index in [1.54, 1.807) is 66.7 Å². The third kappa shape index (κ3) is 4.66. The number of imide groups is 1. The maximum atomic E-state index is 13.9. The topological polar surface area (TPSA) is 109 Å². The first-order valence-electron chi connectivity index (χ1n) is 12.1. The number of nitrogens with one attached hydrogen (secondary N) is 1. The molecular weight excluding hydrogens is 638 g/mol. The number of aromatic nitrogens is 1. The number of thioether (sulfide) groups is 1. The Bertz CT molecular complexity index is 1720. The molecule has 40 heavy (non-hydrogen) atoms. The Labute approximate surface area is 249 Å². The molecular formula is C28H19BrClN3O5S2. The number of halogens is 2. The molecule has 0 radical (unpaired) electrons. The molecule has 4 aromatic rings. The standard InChI is InChI=1S/C28H19BrClN3O5S2/c29-14-5-11-17(12-6-14)33-25(36)22-21(18-3-1-2-4-19(18)34)24-27(39-23(22)26(33)37)32(28(38)40-24)13-20(35)31-16-9-7-15(30)8-10-16/h1-12,21-23,34H,13H2,(H,31,35). The third-order valence-electron chi connectivity index (χ3n) is 6.84. The Kier molecular flexibility index (Phi) is 7.07. The number of phenols is 1. The van der Waals surface area contributed by atoms with E-state index < -0.39 is 39.7 Å². The summed E-state index contributed by atoms with van der Waals surface area (Å²) in [4.78, 5) is 55.1. The monoisotopic (exact) mass is 655 g/mol. The van der Waals surface area contributed by atoms with Crippen LogP contribution in [0.1, 0.15) is 16.4 Å². The van der Waals surface area contributed by atoms with Crippen LogP contribution in [0.4, 0.5) is 11.4 Å². The first-order chi connectivity index (χ1) is 19.2. The van der Waals surface area contributed by atoms with Crippen molar-refractivity contribution in [2.45, 2.75) is 22.7 Å². The molecule has 0 spiro atoms. The lowest BCUT2D eigenvalue weighted by molar-refractivity contribution is -0.122. The highest BCUT2D eigenvalue weighted by Gasteiger charge is 2.57. The Balaban J connectivity index is 1.41. The lowest BCUT2D eigenvalue weighted by atomic mass is 9.82. The summed E-state index contributed by atoms with van der Waals surface area (Å²) in [5.74, 6) is -2.90. The number of para-hydroxylation sites is 1. The first kappa shape index (κ1) is 26.8. The summed E-state index contributed by atoms with van der Waals surface area (Å²) in [6.45, 7) is -0.288. The van der Waals surface area contributed by atoms with E-state index in [9.17, 15) is 24.3 Å². The third-order valence-corrected chi connectivity index (χ3v) is 10.2. The van der Waals surface area contributed by atoms with Gasteiger partial charge >= 0.3 is 4.87 Å². The molecule has 1 saturated heterocycles. The number of benzene rings is 3. The molecule has 3 aromatic carbocycles. The predicted octanol–water partition coefficient (Wildman–Crippen LogP) is 5.47. The number of carbonyl (C=O) groups is 3. The van der Waals surface area contributed by atoms with Gasteiger partial charge in [-0.25, -0.2) is 4.90 Å². The Morgan fingerprint density at radius 3 is 2.38 bits per heavy atom. The number of rotatable bonds is 5. The van der Waals surface area contributed by atoms with Gasteiger partial charge in [0.05, 0.1) is 16.6 Å². The minimum atomic E-state index is -0.854. The van der Waals surface area contributed by atoms with Gasteiger partial charge in [0.15, 0.2) is 0 Å². The van der Waals surface area contributed by atoms with Gasteiger partial charge in [0.1, 0.15) is 17.5 Å². The van der Waals surface area contributed by atoms with Crippen molar-refractivity contribution < 1.29 is 19.5 Å². The maximum Gasteiger partial charge on any atom is 0.308 e. The van der Waals surface area contributed by atoms with Crippen LogP contribution in [0, 0.1) is 5.92 Å². The van der Waals surface area contributed by atoms with Crippen LogP contribution in [0.3, 0.4) is 0 Å². The van der Waals surface area contributed by atoms with E-state index in [1.165, 1.54) is 15.5 Å². The highest BCUT2D eigenvalue weighted by atomic mass is 79.9. The number of thiazole rings is 1. The lowest BCUT2D eigenvalue weighted by Gasteiger charge is -2.31. The minimum Gasteiger partial charge on any atom is -0.508 e. The van der Waals surface area contributed by atoms with E-state index in [0.717, 1.165) is 27.6 Å². The second-order valence-corrected chi connectivity index (χ2v) is 12.7. The number of nitrogens with zero attached hydrogens (tertiary/aromatic N) is 2. The second kappa shape index (κ2) is 10.5. The number of amides is 3. The van der Waals surface area contributed by atoms with Gasteiger partial charge in [-0.2, -0.15) is 0 Å². The fourth-order valence-corrected chi connectivity index (χ4v) is 8.22. The van der Waals surface area contributed by atoms with E-state index in [2.05, 4.69) is 21.2 Å². The summed E-state index contributed by atoms with van der Waals surface area (Å²) >= 11 is 11.3. The number of hydrogen-bond donors (Lipinski definition) is 2. The molecule has 3 unspecified atom stereocenters. The van der Waals surface area contributed by atoms with E-state index >= 15 is 0 Å². The Hall–Kier alpha value is -3.38. The van der Waals surface area contributed by atoms with Gasteiger partial charge in [0.25, 0.3) is 0 Å². The van der Waals surface area contributed by atoms with Crippen LogP contribution in [-0.4, -0.2) is 32.6 Å². The molecule has 0 saturated carbocycles. The number of aromatic hydroxyl groups is 1. The van der Waals surface area contributed by atoms with Crippen LogP contribution in [0.25, 0.3) is 0 Å². The summed E-state index contributed by atoms with van der Waals surface area (Å²) in [5.41, 5.74) is 1.40. The van der Waals surface area contributed by atoms with Gasteiger partial charge < -0.3 is 10.4 Å². The minimum absolute atomic E-state index is 0.0423. The predicted molar refractivity (Wildman–Crippen MR) is 158 cm³/mol. The summed E-state index contributed by atoms with van der Waals surface area (Å²) in [6.07, 6.45) is 0. The molecule has 6 rings (SSSR count). The van der Waals surface area contributed by atoms with Crippen LogP contribution in [0.5, 0.6) is 5.75 Å². The smallest absolute Gasteiger partial charge is 0.308 e. The molecule has 12 heteroatoms. The van der Waals surface area contributed by atoms with Crippen LogP contribution in [0.15, 0.2) is 87.1 Å². The molecule has 2 aliphatic rings. The molecule has 202 valence electrons. The van der Waals surface area contributed by atoms with Crippen molar-refractivity contribution in [3.05, 3.63) is 102 Å². The number of phenolic OH excluding ortho intramolecular Hbond substituents is 1. The van der Waals surface area contributed by atoms with Crippen molar-refractivity contribution in [2.24, 2.45) is 5.92 Å². The first-order valence-corrected chi connectivity index (χ1v) is 15.0. The average Bonchev–Trinajstić information content (AvgIpc) is 3.37. The van der Waals surface area contributed by atoms with Gasteiger partial charge in [0.2, 0.25) is 17.7 Å². The molecule has 2 aliphatic heterocycles. The van der Waals surface area contributed by atoms with Crippen molar-refractivity contribution in [3.8, 4) is 5.75 Å². The number of carbonyl (C=O) groups excluding carboxylic acids is 3. The van der Waals surface area contributed by atoms with Crippen LogP contribution in [0.2, 0.25) is 5.02 Å². The van der Waals surface area contributed by atoms with Crippen molar-refractivity contribution in [1.29, 1.82) is 0 Å². The van der Waals surface area contributed by atoms with Gasteiger partial charge in [-0.3, -0.25) is 23.7 Å². The maximum absolute atomic E-state index is 13.9. The fourth-order valence-electron chi connectivity index (χ4n) is 5.06. The zero-order chi connectivity index (χ0) is 28.1. The molecule has 3 amide bonds. The quantitative estimate of drug-likeness (QED) is 0.276. The zero-order valence-electron chi connectivity index (χ0n) is 20.4. The van der Waals surface area contributed by atoms with Gasteiger partial charge in [-0.05, 0) is 54.6 Å². The Morgan fingerprint density at radius 2 is 1.68 bits per heavy atom. The van der Waals surface area contributed by atoms with Crippen LogP contribution in [-0.2, 0) is 20.9 Å². The lowest BCUT2D eigenvalue weighted by Crippen LogP contribution is -2.33. The van der Waals surface area contributed by atoms with Crippen molar-refractivity contribution in [2.75, 3.05) is 10.2 Å². The van der Waals surface area contributed by atoms with E-state index in [1.807, 2.05) is 0 Å². The second-order valence-electron chi connectivity index (χ2n) is 9.27. The molecule has 0 aliphatic carbocycles. The molecule has 3 heterocycles. The van der Waals surface area contributed by atoms with Crippen molar-refractivity contribution in [1.82, 2.24) is 4.57 Å². The van der Waals surface area contributed by atoms with E-state index in [4.69, 9.17) is 11.6 Å². The molecule has 1 fully saturated rings. The SMILES string of the molecule is O=C(Cn1c2c(sc1=O)C(c1ccccc1O)C1C(=O)N(c3ccc(Br)cc3)C(=O)C1S2)Nc1ccc(Cl)cc1. The summed E-state index contributed by atoms with van der Waals surface area (Å²) < 4.78 is 2.14. The molecule has 0 bridgehead atoms. The Morgan fingerprint density at radius 1 is 0.975 bits per heavy atom. The van der Waals surface area contributed by atoms with Gasteiger partial charge in [-0.15, -0.1) is 0 Å². The number of hydrogen-bond acceptors (Lipinski definition) is 7. The van der Waals surface area contributed by atoms with Crippen molar-refractivity contribution >= 4 is 79.7 Å².